The first kappa shape index (κ1) is 17.9. The molecular weight excluding hydrogens is 290 g/mol. The average molecular weight is 316 g/mol. The molecule has 1 fully saturated rings. The number of nitrogens with zero attached hydrogens (tertiary/aromatic N) is 4. The summed E-state index contributed by atoms with van der Waals surface area (Å²) in [5, 5.41) is 11.3. The minimum Gasteiger partial charge on any atom is -0.336 e. The molecule has 120 valence electrons. The van der Waals surface area contributed by atoms with Crippen LogP contribution in [-0.4, -0.2) is 52.0 Å². The van der Waals surface area contributed by atoms with E-state index in [1.807, 2.05) is 11.9 Å². The summed E-state index contributed by atoms with van der Waals surface area (Å²) >= 11 is 0. The van der Waals surface area contributed by atoms with Gasteiger partial charge in [0.15, 0.2) is 5.69 Å². The first-order valence-electron chi connectivity index (χ1n) is 7.47. The first-order chi connectivity index (χ1) is 9.60. The third kappa shape index (κ3) is 4.97. The Hall–Kier alpha value is -1.14. The number of aromatic nitrogens is 3. The Morgan fingerprint density at radius 3 is 2.95 bits per heavy atom. The third-order valence-electron chi connectivity index (χ3n) is 3.81. The molecule has 7 heteroatoms. The molecule has 1 aromatic rings. The van der Waals surface area contributed by atoms with Crippen LogP contribution in [0.15, 0.2) is 6.20 Å². The first-order valence-corrected chi connectivity index (χ1v) is 7.47. The second-order valence-corrected chi connectivity index (χ2v) is 5.93. The van der Waals surface area contributed by atoms with Crippen LogP contribution in [0.5, 0.6) is 0 Å². The molecule has 2 heterocycles. The fraction of sp³-hybridized carbons (Fsp3) is 0.786. The van der Waals surface area contributed by atoms with E-state index in [1.54, 1.807) is 10.9 Å². The zero-order valence-corrected chi connectivity index (χ0v) is 13.9. The van der Waals surface area contributed by atoms with Crippen molar-refractivity contribution in [2.75, 3.05) is 20.1 Å². The molecule has 0 spiro atoms. The Balaban J connectivity index is 0.00000220. The normalized spacial score (nSPS) is 18.7. The van der Waals surface area contributed by atoms with E-state index in [4.69, 9.17) is 0 Å². The van der Waals surface area contributed by atoms with Gasteiger partial charge in [0.25, 0.3) is 5.91 Å². The van der Waals surface area contributed by atoms with Crippen molar-refractivity contribution in [3.63, 3.8) is 0 Å². The monoisotopic (exact) mass is 315 g/mol. The second-order valence-electron chi connectivity index (χ2n) is 5.93. The van der Waals surface area contributed by atoms with E-state index in [2.05, 4.69) is 29.5 Å². The molecule has 0 aromatic carbocycles. The molecule has 1 saturated heterocycles. The topological polar surface area (TPSA) is 63.1 Å². The summed E-state index contributed by atoms with van der Waals surface area (Å²) in [6.45, 7) is 6.74. The van der Waals surface area contributed by atoms with E-state index < -0.39 is 0 Å². The molecule has 0 radical (unpaired) electrons. The molecule has 1 aromatic heterocycles. The Morgan fingerprint density at radius 1 is 1.52 bits per heavy atom. The number of hydrogen-bond donors (Lipinski definition) is 1. The van der Waals surface area contributed by atoms with Crippen molar-refractivity contribution in [1.82, 2.24) is 25.2 Å². The SMILES string of the molecule is CNC1CCCN(C(=O)c2cn(CCC(C)C)nn2)C1.Cl. The van der Waals surface area contributed by atoms with Crippen LogP contribution < -0.4 is 5.32 Å². The van der Waals surface area contributed by atoms with Crippen molar-refractivity contribution in [3.8, 4) is 0 Å². The van der Waals surface area contributed by atoms with E-state index in [9.17, 15) is 4.79 Å². The summed E-state index contributed by atoms with van der Waals surface area (Å²) in [6, 6.07) is 0.392. The van der Waals surface area contributed by atoms with Gasteiger partial charge >= 0.3 is 0 Å². The number of halogens is 1. The van der Waals surface area contributed by atoms with Gasteiger partial charge in [0.05, 0.1) is 6.20 Å². The molecule has 1 amide bonds. The molecule has 2 rings (SSSR count). The van der Waals surface area contributed by atoms with Gasteiger partial charge in [0.2, 0.25) is 0 Å². The number of aryl methyl sites for hydroxylation is 1. The van der Waals surface area contributed by atoms with Gasteiger partial charge in [0.1, 0.15) is 0 Å². The average Bonchev–Trinajstić information content (AvgIpc) is 2.93. The molecule has 1 aliphatic heterocycles. The van der Waals surface area contributed by atoms with Crippen molar-refractivity contribution < 1.29 is 4.79 Å². The number of rotatable bonds is 5. The van der Waals surface area contributed by atoms with E-state index in [-0.39, 0.29) is 18.3 Å². The van der Waals surface area contributed by atoms with Gasteiger partial charge in [-0.15, -0.1) is 17.5 Å². The van der Waals surface area contributed by atoms with Gasteiger partial charge < -0.3 is 10.2 Å². The van der Waals surface area contributed by atoms with Gasteiger partial charge in [-0.2, -0.15) is 0 Å². The summed E-state index contributed by atoms with van der Waals surface area (Å²) in [5.74, 6) is 0.623. The van der Waals surface area contributed by atoms with Crippen LogP contribution in [0.4, 0.5) is 0 Å². The molecule has 21 heavy (non-hydrogen) atoms. The predicted molar refractivity (Wildman–Crippen MR) is 84.7 cm³/mol. The standard InChI is InChI=1S/C14H25N5O.ClH/c1-11(2)6-8-19-10-13(16-17-19)14(20)18-7-4-5-12(9-18)15-3;/h10-12,15H,4-9H2,1-3H3;1H. The number of amides is 1. The van der Waals surface area contributed by atoms with Crippen molar-refractivity contribution in [1.29, 1.82) is 0 Å². The van der Waals surface area contributed by atoms with Crippen LogP contribution >= 0.6 is 12.4 Å². The quantitative estimate of drug-likeness (QED) is 0.896. The molecule has 0 aliphatic carbocycles. The molecule has 0 saturated carbocycles. The Kier molecular flexibility index (Phi) is 7.11. The third-order valence-corrected chi connectivity index (χ3v) is 3.81. The summed E-state index contributed by atoms with van der Waals surface area (Å²) in [7, 11) is 1.95. The molecular formula is C14H26ClN5O. The van der Waals surface area contributed by atoms with Gasteiger partial charge in [-0.05, 0) is 32.2 Å². The van der Waals surface area contributed by atoms with Gasteiger partial charge in [-0.1, -0.05) is 19.1 Å². The number of nitrogens with one attached hydrogen (secondary N) is 1. The second kappa shape index (κ2) is 8.34. The number of carbonyl (C=O) groups excluding carboxylic acids is 1. The number of likely N-dealkylation sites (tertiary alicyclic amines) is 1. The van der Waals surface area contributed by atoms with E-state index >= 15 is 0 Å². The molecule has 6 nitrogen and oxygen atoms in total. The number of carbonyl (C=O) groups is 1. The van der Waals surface area contributed by atoms with Crippen molar-refractivity contribution in [2.24, 2.45) is 5.92 Å². The Morgan fingerprint density at radius 2 is 2.29 bits per heavy atom. The van der Waals surface area contributed by atoms with Crippen LogP contribution in [-0.2, 0) is 6.54 Å². The van der Waals surface area contributed by atoms with Gasteiger partial charge in [0, 0.05) is 25.7 Å². The van der Waals surface area contributed by atoms with E-state index in [0.717, 1.165) is 38.9 Å². The fourth-order valence-electron chi connectivity index (χ4n) is 2.46. The maximum absolute atomic E-state index is 12.4. The van der Waals surface area contributed by atoms with Crippen molar-refractivity contribution in [3.05, 3.63) is 11.9 Å². The maximum Gasteiger partial charge on any atom is 0.276 e. The Bertz CT molecular complexity index is 448. The smallest absolute Gasteiger partial charge is 0.276 e. The number of likely N-dealkylation sites (N-methyl/N-ethyl adjacent to an activating group) is 1. The van der Waals surface area contributed by atoms with Crippen molar-refractivity contribution in [2.45, 2.75) is 45.7 Å². The summed E-state index contributed by atoms with van der Waals surface area (Å²) < 4.78 is 1.77. The number of piperidine rings is 1. The minimum atomic E-state index is 0. The van der Waals surface area contributed by atoms with E-state index in [1.165, 1.54) is 0 Å². The fourth-order valence-corrected chi connectivity index (χ4v) is 2.46. The molecule has 1 N–H and O–H groups in total. The largest absolute Gasteiger partial charge is 0.336 e. The molecule has 0 bridgehead atoms. The summed E-state index contributed by atoms with van der Waals surface area (Å²) in [5.41, 5.74) is 0.463. The zero-order valence-electron chi connectivity index (χ0n) is 13.1. The lowest BCUT2D eigenvalue weighted by molar-refractivity contribution is 0.0692. The van der Waals surface area contributed by atoms with Gasteiger partial charge in [-0.25, -0.2) is 0 Å². The highest BCUT2D eigenvalue weighted by atomic mass is 35.5. The van der Waals surface area contributed by atoms with Crippen LogP contribution in [0.1, 0.15) is 43.6 Å². The molecule has 1 unspecified atom stereocenters. The highest BCUT2D eigenvalue weighted by Crippen LogP contribution is 2.12. The molecule has 1 atom stereocenters. The lowest BCUT2D eigenvalue weighted by Crippen LogP contribution is -2.47. The summed E-state index contributed by atoms with van der Waals surface area (Å²) in [6.07, 6.45) is 4.98. The zero-order chi connectivity index (χ0) is 14.5. The highest BCUT2D eigenvalue weighted by molar-refractivity contribution is 5.92. The predicted octanol–water partition coefficient (Wildman–Crippen LogP) is 1.57. The van der Waals surface area contributed by atoms with Crippen molar-refractivity contribution >= 4 is 18.3 Å². The number of hydrogen-bond acceptors (Lipinski definition) is 4. The minimum absolute atomic E-state index is 0. The maximum atomic E-state index is 12.4. The lowest BCUT2D eigenvalue weighted by Gasteiger charge is -2.31. The van der Waals surface area contributed by atoms with Crippen LogP contribution in [0.2, 0.25) is 0 Å². The van der Waals surface area contributed by atoms with Crippen LogP contribution in [0.3, 0.4) is 0 Å². The van der Waals surface area contributed by atoms with Crippen LogP contribution in [0.25, 0.3) is 0 Å². The van der Waals surface area contributed by atoms with Gasteiger partial charge in [-0.3, -0.25) is 9.48 Å². The summed E-state index contributed by atoms with van der Waals surface area (Å²) in [4.78, 5) is 14.3. The van der Waals surface area contributed by atoms with E-state index in [0.29, 0.717) is 17.7 Å². The Labute approximate surface area is 132 Å². The lowest BCUT2D eigenvalue weighted by atomic mass is 10.1. The molecule has 1 aliphatic rings. The van der Waals surface area contributed by atoms with Crippen LogP contribution in [0, 0.1) is 5.92 Å². The highest BCUT2D eigenvalue weighted by Gasteiger charge is 2.25.